The largest absolute Gasteiger partial charge is 0.394 e. The summed E-state index contributed by atoms with van der Waals surface area (Å²) in [5, 5.41) is 15.3. The Bertz CT molecular complexity index is 933. The van der Waals surface area contributed by atoms with Crippen LogP contribution >= 0.6 is 0 Å². The number of nitrogens with two attached hydrogens (primary N) is 1. The number of aromatic nitrogens is 2. The summed E-state index contributed by atoms with van der Waals surface area (Å²) in [6, 6.07) is 10.8. The molecule has 0 fully saturated rings. The van der Waals surface area contributed by atoms with E-state index in [0.717, 1.165) is 5.56 Å². The smallest absolute Gasteiger partial charge is 0.243 e. The number of nitrogens with one attached hydrogen (secondary N) is 2. The summed E-state index contributed by atoms with van der Waals surface area (Å²) >= 11 is 0. The Balaban J connectivity index is 1.58. The Labute approximate surface area is 155 Å². The van der Waals surface area contributed by atoms with Crippen molar-refractivity contribution in [3.63, 3.8) is 0 Å². The van der Waals surface area contributed by atoms with E-state index in [1.165, 1.54) is 18.5 Å². The zero-order valence-electron chi connectivity index (χ0n) is 14.5. The number of fused-ring (bicyclic) bond motifs is 1. The fourth-order valence-corrected chi connectivity index (χ4v) is 2.57. The van der Waals surface area contributed by atoms with Crippen molar-refractivity contribution < 1.29 is 14.3 Å². The minimum Gasteiger partial charge on any atom is -0.394 e. The first-order chi connectivity index (χ1) is 13.1. The molecule has 8 heteroatoms. The highest BCUT2D eigenvalue weighted by Crippen LogP contribution is 2.20. The van der Waals surface area contributed by atoms with Gasteiger partial charge in [-0.2, -0.15) is 0 Å². The molecule has 0 saturated carbocycles. The van der Waals surface area contributed by atoms with E-state index < -0.39 is 18.6 Å². The topological polar surface area (TPSA) is 113 Å². The van der Waals surface area contributed by atoms with Crippen molar-refractivity contribution in [1.82, 2.24) is 9.97 Å². The fraction of sp³-hybridized carbons (Fsp3) is 0.211. The molecule has 0 radical (unpaired) electrons. The van der Waals surface area contributed by atoms with Crippen molar-refractivity contribution in [1.29, 1.82) is 0 Å². The maximum Gasteiger partial charge on any atom is 0.243 e. The number of halogens is 1. The quantitative estimate of drug-likeness (QED) is 0.504. The third-order valence-corrected chi connectivity index (χ3v) is 4.06. The number of aliphatic hydroxyl groups is 1. The Kier molecular flexibility index (Phi) is 5.90. The maximum atomic E-state index is 13.5. The summed E-state index contributed by atoms with van der Waals surface area (Å²) in [5.41, 5.74) is 7.80. The lowest BCUT2D eigenvalue weighted by Crippen LogP contribution is -2.38. The fourth-order valence-electron chi connectivity index (χ4n) is 2.57. The molecule has 0 aliphatic carbocycles. The Morgan fingerprint density at radius 1 is 1.19 bits per heavy atom. The molecule has 2 aromatic carbocycles. The summed E-state index contributed by atoms with van der Waals surface area (Å²) in [4.78, 5) is 19.9. The monoisotopic (exact) mass is 369 g/mol. The molecule has 1 amide bonds. The minimum atomic E-state index is -0.943. The SMILES string of the molecule is NC(CO)C(=O)Nc1ccc(CCNc2ncnc3ccc(F)cc23)cc1. The van der Waals surface area contributed by atoms with Gasteiger partial charge in [-0.3, -0.25) is 4.79 Å². The van der Waals surface area contributed by atoms with Crippen molar-refractivity contribution >= 4 is 28.3 Å². The van der Waals surface area contributed by atoms with Crippen molar-refractivity contribution in [3.8, 4) is 0 Å². The predicted octanol–water partition coefficient (Wildman–Crippen LogP) is 1.68. The molecule has 27 heavy (non-hydrogen) atoms. The summed E-state index contributed by atoms with van der Waals surface area (Å²) in [5.74, 6) is -0.185. The maximum absolute atomic E-state index is 13.5. The number of aliphatic hydroxyl groups excluding tert-OH is 1. The number of anilines is 2. The first kappa shape index (κ1) is 18.7. The van der Waals surface area contributed by atoms with Crippen LogP contribution in [0.2, 0.25) is 0 Å². The van der Waals surface area contributed by atoms with Crippen LogP contribution in [0.5, 0.6) is 0 Å². The van der Waals surface area contributed by atoms with Crippen molar-refractivity contribution in [3.05, 3.63) is 60.2 Å². The van der Waals surface area contributed by atoms with Gasteiger partial charge in [-0.15, -0.1) is 0 Å². The normalized spacial score (nSPS) is 12.0. The van der Waals surface area contributed by atoms with Crippen LogP contribution in [0.3, 0.4) is 0 Å². The van der Waals surface area contributed by atoms with Crippen LogP contribution < -0.4 is 16.4 Å². The molecule has 0 aliphatic rings. The van der Waals surface area contributed by atoms with E-state index in [-0.39, 0.29) is 5.82 Å². The zero-order chi connectivity index (χ0) is 19.2. The summed E-state index contributed by atoms with van der Waals surface area (Å²) < 4.78 is 13.5. The molecule has 5 N–H and O–H groups in total. The van der Waals surface area contributed by atoms with Gasteiger partial charge in [0.25, 0.3) is 0 Å². The second-order valence-corrected chi connectivity index (χ2v) is 6.04. The first-order valence-corrected chi connectivity index (χ1v) is 8.47. The van der Waals surface area contributed by atoms with Crippen LogP contribution in [0, 0.1) is 5.82 Å². The molecule has 3 rings (SSSR count). The molecule has 0 spiro atoms. The van der Waals surface area contributed by atoms with Crippen LogP contribution in [-0.2, 0) is 11.2 Å². The van der Waals surface area contributed by atoms with Gasteiger partial charge >= 0.3 is 0 Å². The van der Waals surface area contributed by atoms with E-state index >= 15 is 0 Å². The molecule has 140 valence electrons. The second kappa shape index (κ2) is 8.52. The predicted molar refractivity (Wildman–Crippen MR) is 102 cm³/mol. The van der Waals surface area contributed by atoms with Crippen LogP contribution in [0.1, 0.15) is 5.56 Å². The summed E-state index contributed by atoms with van der Waals surface area (Å²) in [6.45, 7) is 0.195. The molecule has 1 heterocycles. The zero-order valence-corrected chi connectivity index (χ0v) is 14.5. The van der Waals surface area contributed by atoms with E-state index in [1.54, 1.807) is 18.2 Å². The highest BCUT2D eigenvalue weighted by Gasteiger charge is 2.11. The van der Waals surface area contributed by atoms with E-state index in [0.29, 0.717) is 35.4 Å². The number of rotatable bonds is 7. The van der Waals surface area contributed by atoms with Crippen LogP contribution in [0.4, 0.5) is 15.9 Å². The van der Waals surface area contributed by atoms with E-state index in [2.05, 4.69) is 20.6 Å². The van der Waals surface area contributed by atoms with Crippen molar-refractivity contribution in [2.24, 2.45) is 5.73 Å². The number of hydrogen-bond donors (Lipinski definition) is 4. The lowest BCUT2D eigenvalue weighted by Gasteiger charge is -2.11. The summed E-state index contributed by atoms with van der Waals surface area (Å²) in [7, 11) is 0. The van der Waals surface area contributed by atoms with Gasteiger partial charge in [-0.1, -0.05) is 12.1 Å². The van der Waals surface area contributed by atoms with E-state index in [9.17, 15) is 9.18 Å². The standard InChI is InChI=1S/C19H20FN5O2/c20-13-3-6-17-15(9-13)18(24-11-23-17)22-8-7-12-1-4-14(5-2-12)25-19(27)16(21)10-26/h1-6,9,11,16,26H,7-8,10,21H2,(H,25,27)(H,22,23,24). The molecular formula is C19H20FN5O2. The van der Waals surface area contributed by atoms with Gasteiger partial charge in [0.2, 0.25) is 5.91 Å². The number of benzene rings is 2. The second-order valence-electron chi connectivity index (χ2n) is 6.04. The molecule has 3 aromatic rings. The van der Waals surface area contributed by atoms with Crippen molar-refractivity contribution in [2.75, 3.05) is 23.8 Å². The van der Waals surface area contributed by atoms with Crippen LogP contribution in [0.15, 0.2) is 48.8 Å². The van der Waals surface area contributed by atoms with Gasteiger partial charge in [0.1, 0.15) is 24.0 Å². The molecule has 1 unspecified atom stereocenters. The molecule has 0 bridgehead atoms. The molecule has 0 aliphatic heterocycles. The number of carbonyl (C=O) groups is 1. The highest BCUT2D eigenvalue weighted by molar-refractivity contribution is 5.94. The lowest BCUT2D eigenvalue weighted by molar-refractivity contribution is -0.118. The van der Waals surface area contributed by atoms with Crippen molar-refractivity contribution in [2.45, 2.75) is 12.5 Å². The average molecular weight is 369 g/mol. The minimum absolute atomic E-state index is 0.334. The molecule has 1 aromatic heterocycles. The number of hydrogen-bond acceptors (Lipinski definition) is 6. The molecule has 7 nitrogen and oxygen atoms in total. The van der Waals surface area contributed by atoms with Crippen LogP contribution in [0.25, 0.3) is 10.9 Å². The third-order valence-electron chi connectivity index (χ3n) is 4.06. The Morgan fingerprint density at radius 3 is 2.70 bits per heavy atom. The highest BCUT2D eigenvalue weighted by atomic mass is 19.1. The van der Waals surface area contributed by atoms with Gasteiger partial charge in [0.15, 0.2) is 0 Å². The number of nitrogens with zero attached hydrogens (tertiary/aromatic N) is 2. The van der Waals surface area contributed by atoms with Gasteiger partial charge in [0.05, 0.1) is 12.1 Å². The van der Waals surface area contributed by atoms with Gasteiger partial charge < -0.3 is 21.5 Å². The molecule has 1 atom stereocenters. The van der Waals surface area contributed by atoms with Crippen LogP contribution in [-0.4, -0.2) is 40.2 Å². The Hall–Kier alpha value is -3.10. The number of carbonyl (C=O) groups excluding carboxylic acids is 1. The third kappa shape index (κ3) is 4.75. The first-order valence-electron chi connectivity index (χ1n) is 8.47. The van der Waals surface area contributed by atoms with E-state index in [4.69, 9.17) is 10.8 Å². The van der Waals surface area contributed by atoms with Gasteiger partial charge in [0, 0.05) is 17.6 Å². The molecular weight excluding hydrogens is 349 g/mol. The van der Waals surface area contributed by atoms with E-state index in [1.807, 2.05) is 12.1 Å². The lowest BCUT2D eigenvalue weighted by atomic mass is 10.1. The summed E-state index contributed by atoms with van der Waals surface area (Å²) in [6.07, 6.45) is 2.16. The van der Waals surface area contributed by atoms with Gasteiger partial charge in [-0.05, 0) is 42.3 Å². The average Bonchev–Trinajstić information content (AvgIpc) is 2.69. The number of amides is 1. The molecule has 0 saturated heterocycles. The van der Waals surface area contributed by atoms with Gasteiger partial charge in [-0.25, -0.2) is 14.4 Å². The Morgan fingerprint density at radius 2 is 1.96 bits per heavy atom.